The number of hydrogen-bond acceptors (Lipinski definition) is 6. The van der Waals surface area contributed by atoms with E-state index in [1.807, 2.05) is 0 Å². The van der Waals surface area contributed by atoms with Crippen LogP contribution in [0, 0.1) is 11.6 Å². The first-order valence-corrected chi connectivity index (χ1v) is 8.65. The van der Waals surface area contributed by atoms with Gasteiger partial charge in [0.2, 0.25) is 5.88 Å². The fourth-order valence-corrected chi connectivity index (χ4v) is 2.38. The highest BCUT2D eigenvalue weighted by Crippen LogP contribution is 2.23. The number of benzene rings is 2. The van der Waals surface area contributed by atoms with Gasteiger partial charge in [0.15, 0.2) is 6.61 Å². The van der Waals surface area contributed by atoms with Crippen LogP contribution in [0.2, 0.25) is 0 Å². The van der Waals surface area contributed by atoms with Gasteiger partial charge >= 0.3 is 5.97 Å². The molecule has 1 N–H and O–H groups in total. The molecule has 1 heterocycles. The Hall–Kier alpha value is -4.01. The first-order chi connectivity index (χ1) is 14.5. The molecule has 3 aromatic rings. The number of anilines is 1. The Morgan fingerprint density at radius 2 is 1.73 bits per heavy atom. The molecule has 0 aliphatic carbocycles. The van der Waals surface area contributed by atoms with Gasteiger partial charge in [-0.25, -0.2) is 18.6 Å². The monoisotopic (exact) mass is 414 g/mol. The molecule has 3 rings (SSSR count). The molecule has 0 bridgehead atoms. The summed E-state index contributed by atoms with van der Waals surface area (Å²) in [6, 6.07) is 13.0. The first-order valence-electron chi connectivity index (χ1n) is 8.65. The maximum atomic E-state index is 13.9. The maximum absolute atomic E-state index is 13.9. The van der Waals surface area contributed by atoms with Crippen LogP contribution in [0.5, 0.6) is 17.4 Å². The Balaban J connectivity index is 1.58. The number of nitrogens with one attached hydrogen (secondary N) is 1. The van der Waals surface area contributed by atoms with Crippen molar-refractivity contribution in [2.24, 2.45) is 0 Å². The molecule has 9 heteroatoms. The molecule has 0 saturated heterocycles. The van der Waals surface area contributed by atoms with E-state index in [2.05, 4.69) is 15.0 Å². The molecule has 0 fully saturated rings. The Kier molecular flexibility index (Phi) is 6.53. The molecule has 0 radical (unpaired) electrons. The zero-order chi connectivity index (χ0) is 21.5. The summed E-state index contributed by atoms with van der Waals surface area (Å²) < 4.78 is 42.8. The number of ether oxygens (including phenoxy) is 3. The number of nitrogens with zero attached hydrogens (tertiary/aromatic N) is 1. The third-order valence-electron chi connectivity index (χ3n) is 3.79. The summed E-state index contributed by atoms with van der Waals surface area (Å²) in [7, 11) is 1.06. The van der Waals surface area contributed by atoms with E-state index in [1.54, 1.807) is 48.7 Å². The molecule has 0 atom stereocenters. The minimum Gasteiger partial charge on any atom is -0.484 e. The van der Waals surface area contributed by atoms with Gasteiger partial charge < -0.3 is 19.5 Å². The fourth-order valence-electron chi connectivity index (χ4n) is 2.38. The third kappa shape index (κ3) is 5.28. The number of methoxy groups -OCH3 is 1. The van der Waals surface area contributed by atoms with Gasteiger partial charge in [0, 0.05) is 18.3 Å². The van der Waals surface area contributed by atoms with Crippen LogP contribution in [0.1, 0.15) is 10.4 Å². The van der Waals surface area contributed by atoms with Crippen LogP contribution in [-0.4, -0.2) is 30.6 Å². The second-order valence-corrected chi connectivity index (χ2v) is 5.88. The zero-order valence-corrected chi connectivity index (χ0v) is 15.7. The molecular weight excluding hydrogens is 398 g/mol. The van der Waals surface area contributed by atoms with Crippen LogP contribution in [0.3, 0.4) is 0 Å². The van der Waals surface area contributed by atoms with E-state index >= 15 is 0 Å². The van der Waals surface area contributed by atoms with Crippen molar-refractivity contribution in [2.75, 3.05) is 19.0 Å². The van der Waals surface area contributed by atoms with Crippen molar-refractivity contribution in [3.8, 4) is 17.4 Å². The number of carbonyl (C=O) groups is 2. The highest BCUT2D eigenvalue weighted by Gasteiger charge is 2.18. The highest BCUT2D eigenvalue weighted by atomic mass is 19.1. The number of rotatable bonds is 7. The molecule has 30 heavy (non-hydrogen) atoms. The lowest BCUT2D eigenvalue weighted by molar-refractivity contribution is -0.118. The molecular formula is C21H16F2N2O5. The number of esters is 1. The summed E-state index contributed by atoms with van der Waals surface area (Å²) in [5.41, 5.74) is -0.872. The average Bonchev–Trinajstić information content (AvgIpc) is 2.75. The standard InChI is InChI=1S/C21H16F2N2O5/c1-28-21(27)15-10-18(17(23)11-16(15)22)25-19(26)12-29-13-5-7-14(8-6-13)30-20-4-2-3-9-24-20/h2-11H,12H2,1H3,(H,25,26). The Morgan fingerprint density at radius 3 is 2.40 bits per heavy atom. The van der Waals surface area contributed by atoms with Crippen LogP contribution < -0.4 is 14.8 Å². The van der Waals surface area contributed by atoms with Gasteiger partial charge in [-0.2, -0.15) is 0 Å². The van der Waals surface area contributed by atoms with Gasteiger partial charge in [-0.3, -0.25) is 4.79 Å². The van der Waals surface area contributed by atoms with Crippen LogP contribution in [0.4, 0.5) is 14.5 Å². The molecule has 0 aliphatic rings. The predicted octanol–water partition coefficient (Wildman–Crippen LogP) is 3.96. The lowest BCUT2D eigenvalue weighted by atomic mass is 10.1. The average molecular weight is 414 g/mol. The van der Waals surface area contributed by atoms with Crippen LogP contribution in [-0.2, 0) is 9.53 Å². The van der Waals surface area contributed by atoms with Crippen molar-refractivity contribution in [2.45, 2.75) is 0 Å². The molecule has 154 valence electrons. The summed E-state index contributed by atoms with van der Waals surface area (Å²) in [4.78, 5) is 27.6. The molecule has 0 saturated carbocycles. The second-order valence-electron chi connectivity index (χ2n) is 5.88. The van der Waals surface area contributed by atoms with Gasteiger partial charge in [0.25, 0.3) is 5.91 Å². The number of hydrogen-bond donors (Lipinski definition) is 1. The number of halogens is 2. The van der Waals surface area contributed by atoms with Crippen molar-refractivity contribution in [3.05, 3.63) is 78.0 Å². The Labute approximate surface area is 170 Å². The lowest BCUT2D eigenvalue weighted by Crippen LogP contribution is -2.21. The minimum atomic E-state index is -1.10. The third-order valence-corrected chi connectivity index (χ3v) is 3.79. The minimum absolute atomic E-state index is 0.369. The summed E-state index contributed by atoms with van der Waals surface area (Å²) in [6.07, 6.45) is 1.60. The van der Waals surface area contributed by atoms with Crippen LogP contribution >= 0.6 is 0 Å². The lowest BCUT2D eigenvalue weighted by Gasteiger charge is -2.10. The highest BCUT2D eigenvalue weighted by molar-refractivity contribution is 5.95. The van der Waals surface area contributed by atoms with Gasteiger partial charge in [0.1, 0.15) is 23.1 Å². The van der Waals surface area contributed by atoms with Gasteiger partial charge in [-0.05, 0) is 36.4 Å². The first kappa shape index (κ1) is 20.7. The van der Waals surface area contributed by atoms with E-state index < -0.39 is 35.7 Å². The molecule has 2 aromatic carbocycles. The van der Waals surface area contributed by atoms with Crippen molar-refractivity contribution >= 4 is 17.6 Å². The Morgan fingerprint density at radius 1 is 1.00 bits per heavy atom. The molecule has 0 unspecified atom stereocenters. The van der Waals surface area contributed by atoms with Gasteiger partial charge in [-0.1, -0.05) is 6.07 Å². The summed E-state index contributed by atoms with van der Waals surface area (Å²) >= 11 is 0. The van der Waals surface area contributed by atoms with E-state index in [1.165, 1.54) is 0 Å². The van der Waals surface area contributed by atoms with E-state index in [0.29, 0.717) is 23.4 Å². The van der Waals surface area contributed by atoms with Crippen molar-refractivity contribution in [3.63, 3.8) is 0 Å². The van der Waals surface area contributed by atoms with Crippen LogP contribution in [0.25, 0.3) is 0 Å². The van der Waals surface area contributed by atoms with Crippen LogP contribution in [0.15, 0.2) is 60.8 Å². The largest absolute Gasteiger partial charge is 0.484 e. The van der Waals surface area contributed by atoms with E-state index in [9.17, 15) is 18.4 Å². The number of aromatic nitrogens is 1. The second kappa shape index (κ2) is 9.46. The molecule has 0 spiro atoms. The number of amides is 1. The summed E-state index contributed by atoms with van der Waals surface area (Å²) in [6.45, 7) is -0.440. The van der Waals surface area contributed by atoms with Crippen molar-refractivity contribution < 1.29 is 32.6 Å². The SMILES string of the molecule is COC(=O)c1cc(NC(=O)COc2ccc(Oc3ccccn3)cc2)c(F)cc1F. The van der Waals surface area contributed by atoms with Crippen molar-refractivity contribution in [1.29, 1.82) is 0 Å². The topological polar surface area (TPSA) is 86.8 Å². The van der Waals surface area contributed by atoms with Gasteiger partial charge in [-0.15, -0.1) is 0 Å². The fraction of sp³-hybridized carbons (Fsp3) is 0.0952. The quantitative estimate of drug-likeness (QED) is 0.589. The zero-order valence-electron chi connectivity index (χ0n) is 15.7. The van der Waals surface area contributed by atoms with E-state index in [-0.39, 0.29) is 5.69 Å². The molecule has 1 aromatic heterocycles. The maximum Gasteiger partial charge on any atom is 0.340 e. The number of pyridine rings is 1. The van der Waals surface area contributed by atoms with E-state index in [4.69, 9.17) is 9.47 Å². The number of carbonyl (C=O) groups excluding carboxylic acids is 2. The summed E-state index contributed by atoms with van der Waals surface area (Å²) in [5, 5.41) is 2.22. The molecule has 7 nitrogen and oxygen atoms in total. The molecule has 1 amide bonds. The smallest absolute Gasteiger partial charge is 0.340 e. The predicted molar refractivity (Wildman–Crippen MR) is 103 cm³/mol. The summed E-state index contributed by atoms with van der Waals surface area (Å²) in [5.74, 6) is -2.51. The van der Waals surface area contributed by atoms with Gasteiger partial charge in [0.05, 0.1) is 18.4 Å². The normalized spacial score (nSPS) is 10.2. The van der Waals surface area contributed by atoms with Crippen molar-refractivity contribution in [1.82, 2.24) is 4.98 Å². The Bertz CT molecular complexity index is 1040. The van der Waals surface area contributed by atoms with E-state index in [0.717, 1.165) is 13.2 Å². The molecule has 0 aliphatic heterocycles.